The number of amidine groups is 1. The van der Waals surface area contributed by atoms with Crippen LogP contribution in [0.3, 0.4) is 0 Å². The van der Waals surface area contributed by atoms with E-state index in [2.05, 4.69) is 55.5 Å². The maximum absolute atomic E-state index is 12.0. The van der Waals surface area contributed by atoms with Crippen LogP contribution in [0.25, 0.3) is 11.1 Å². The van der Waals surface area contributed by atoms with E-state index in [1.165, 1.54) is 22.3 Å². The number of aldehydes is 2. The van der Waals surface area contributed by atoms with Crippen molar-refractivity contribution in [2.45, 2.75) is 69.1 Å². The van der Waals surface area contributed by atoms with Crippen LogP contribution in [0.2, 0.25) is 0 Å². The van der Waals surface area contributed by atoms with Gasteiger partial charge in [-0.3, -0.25) is 39.0 Å². The number of likely N-dealkylation sites (N-methyl/N-ethyl adjacent to an activating group) is 3. The summed E-state index contributed by atoms with van der Waals surface area (Å²) in [6.07, 6.45) is 3.59. The molecule has 334 valence electrons. The Balaban J connectivity index is 0.000000298. The predicted octanol–water partition coefficient (Wildman–Crippen LogP) is -1.06. The number of piperazine rings is 2. The second kappa shape index (κ2) is 26.6. The third-order valence-electron chi connectivity index (χ3n) is 9.82. The van der Waals surface area contributed by atoms with Gasteiger partial charge < -0.3 is 58.5 Å². The van der Waals surface area contributed by atoms with Crippen LogP contribution in [0.4, 0.5) is 4.79 Å². The molecule has 3 aliphatic rings. The molecule has 2 aromatic rings. The van der Waals surface area contributed by atoms with Crippen LogP contribution in [0.1, 0.15) is 56.1 Å². The maximum Gasteiger partial charge on any atom is 0.406 e. The Morgan fingerprint density at radius 1 is 0.770 bits per heavy atom. The average molecular weight is 851 g/mol. The fraction of sp³-hybridized carbons (Fsp3) is 0.488. The number of carbonyl (C=O) groups is 7. The lowest BCUT2D eigenvalue weighted by Gasteiger charge is -2.36. The van der Waals surface area contributed by atoms with Gasteiger partial charge in [0, 0.05) is 46.2 Å². The van der Waals surface area contributed by atoms with E-state index in [4.69, 9.17) is 27.7 Å². The highest BCUT2D eigenvalue weighted by Crippen LogP contribution is 2.44. The first-order valence-corrected chi connectivity index (χ1v) is 19.8. The van der Waals surface area contributed by atoms with Crippen LogP contribution < -0.4 is 44.2 Å². The lowest BCUT2D eigenvalue weighted by atomic mass is 9.98. The van der Waals surface area contributed by atoms with E-state index < -0.39 is 18.0 Å². The molecule has 0 aromatic heterocycles. The van der Waals surface area contributed by atoms with Gasteiger partial charge >= 0.3 is 6.09 Å². The summed E-state index contributed by atoms with van der Waals surface area (Å²) in [5, 5.41) is 10.4. The number of fused-ring (bicyclic) bond motifs is 3. The van der Waals surface area contributed by atoms with Crippen LogP contribution in [0.15, 0.2) is 58.5 Å². The summed E-state index contributed by atoms with van der Waals surface area (Å²) in [7, 11) is 6.78. The lowest BCUT2D eigenvalue weighted by molar-refractivity contribution is -0.136. The molecule has 2 heterocycles. The summed E-state index contributed by atoms with van der Waals surface area (Å²) in [6.45, 7) is 4.17. The second-order valence-corrected chi connectivity index (χ2v) is 14.3. The third kappa shape index (κ3) is 16.6. The summed E-state index contributed by atoms with van der Waals surface area (Å²) in [5.41, 5.74) is 26.0. The lowest BCUT2D eigenvalue weighted by Crippen LogP contribution is -2.62. The molecule has 2 saturated heterocycles. The Morgan fingerprint density at radius 3 is 1.66 bits per heavy atom. The SMILES string of the molecule is CN1CC(C(N)=O)NC(=O)[C@@H]1CCCN=C(N)N.CNC(=O)C1CN(C)[C@@H](CCCN=C(C)N)C(=O)N1.CNC(=O)OCC1c2ccccc2-c2ccccc21.O=CCC=O. The van der Waals surface area contributed by atoms with Crippen molar-refractivity contribution in [1.82, 2.24) is 31.1 Å². The average Bonchev–Trinajstić information content (AvgIpc) is 3.55. The van der Waals surface area contributed by atoms with E-state index in [1.54, 1.807) is 28.1 Å². The molecular weight excluding hydrogens is 789 g/mol. The monoisotopic (exact) mass is 850 g/mol. The zero-order valence-corrected chi connectivity index (χ0v) is 35.6. The first-order valence-electron chi connectivity index (χ1n) is 19.8. The van der Waals surface area contributed by atoms with Gasteiger partial charge in [-0.05, 0) is 69.0 Å². The Labute approximate surface area is 356 Å². The first kappa shape index (κ1) is 50.7. The molecule has 12 N–H and O–H groups in total. The highest BCUT2D eigenvalue weighted by atomic mass is 16.5. The minimum Gasteiger partial charge on any atom is -0.449 e. The van der Waals surface area contributed by atoms with E-state index in [0.717, 1.165) is 6.42 Å². The number of carbonyl (C=O) groups excluding carboxylic acids is 7. The fourth-order valence-corrected chi connectivity index (χ4v) is 6.79. The number of ether oxygens (including phenoxy) is 1. The van der Waals surface area contributed by atoms with Gasteiger partial charge in [-0.1, -0.05) is 48.5 Å². The first-order chi connectivity index (χ1) is 29.1. The zero-order valence-electron chi connectivity index (χ0n) is 35.6. The molecule has 2 aromatic carbocycles. The van der Waals surface area contributed by atoms with Crippen molar-refractivity contribution in [3.05, 3.63) is 59.7 Å². The minimum atomic E-state index is -0.614. The van der Waals surface area contributed by atoms with E-state index in [-0.39, 0.29) is 54.2 Å². The van der Waals surface area contributed by atoms with Crippen LogP contribution in [-0.2, 0) is 33.5 Å². The molecule has 0 bridgehead atoms. The van der Waals surface area contributed by atoms with E-state index in [0.29, 0.717) is 70.5 Å². The summed E-state index contributed by atoms with van der Waals surface area (Å²) in [4.78, 5) is 87.6. The van der Waals surface area contributed by atoms with Gasteiger partial charge in [-0.15, -0.1) is 0 Å². The number of rotatable bonds is 14. The molecule has 2 unspecified atom stereocenters. The van der Waals surface area contributed by atoms with Crippen LogP contribution >= 0.6 is 0 Å². The number of guanidine groups is 1. The summed E-state index contributed by atoms with van der Waals surface area (Å²) < 4.78 is 5.24. The van der Waals surface area contributed by atoms with Crippen molar-refractivity contribution in [1.29, 1.82) is 0 Å². The number of hydrogen-bond acceptors (Lipinski definition) is 12. The number of benzene rings is 2. The molecular formula is C41H62N12O8. The smallest absolute Gasteiger partial charge is 0.406 e. The third-order valence-corrected chi connectivity index (χ3v) is 9.82. The molecule has 4 atom stereocenters. The number of primary amides is 1. The molecule has 2 aliphatic heterocycles. The zero-order chi connectivity index (χ0) is 45.5. The maximum atomic E-state index is 12.0. The topological polar surface area (TPSA) is 312 Å². The molecule has 61 heavy (non-hydrogen) atoms. The number of amides is 5. The highest BCUT2D eigenvalue weighted by molar-refractivity contribution is 5.91. The number of aliphatic imine (C=N–C) groups is 2. The summed E-state index contributed by atoms with van der Waals surface area (Å²) >= 11 is 0. The molecule has 20 nitrogen and oxygen atoms in total. The van der Waals surface area contributed by atoms with E-state index >= 15 is 0 Å². The number of nitrogens with two attached hydrogens (primary N) is 4. The van der Waals surface area contributed by atoms with Gasteiger partial charge in [-0.2, -0.15) is 0 Å². The Bertz CT molecular complexity index is 1800. The fourth-order valence-electron chi connectivity index (χ4n) is 6.79. The molecule has 0 spiro atoms. The summed E-state index contributed by atoms with van der Waals surface area (Å²) in [6, 6.07) is 15.0. The van der Waals surface area contributed by atoms with E-state index in [1.807, 2.05) is 41.1 Å². The molecule has 0 radical (unpaired) electrons. The van der Waals surface area contributed by atoms with Gasteiger partial charge in [0.1, 0.15) is 31.3 Å². The number of hydrogen-bond donors (Lipinski definition) is 8. The van der Waals surface area contributed by atoms with Gasteiger partial charge in [0.15, 0.2) is 5.96 Å². The van der Waals surface area contributed by atoms with Gasteiger partial charge in [-0.25, -0.2) is 4.79 Å². The standard InChI is InChI=1S/C16H15NO2.C12H23N5O2.C10H20N6O2.C3H4O2/c1-17-16(18)19-10-15-13-8-4-2-6-11(13)12-7-3-5-9-14(12)15;1-8(13)15-6-4-5-10-12(19)16-9(7-17(10)3)11(18)14-2;1-16-5-6(8(11)17)15-9(18)7(16)3-2-4-14-10(12)13;4-2-1-3-5/h2-9,15H,10H2,1H3,(H,17,18);9-10H,4-7H2,1-3H3,(H2,13,15)(H,14,18)(H,16,19);6-7H,2-5H2,1H3,(H2,11,17)(H,15,18)(H4,12,13,14);2-3H,1H2/t;9?,10-;6?,7-;/m.00./s1. The highest BCUT2D eigenvalue weighted by Gasteiger charge is 2.35. The van der Waals surface area contributed by atoms with E-state index in [9.17, 15) is 33.6 Å². The second-order valence-electron chi connectivity index (χ2n) is 14.3. The Kier molecular flexibility index (Phi) is 22.2. The van der Waals surface area contributed by atoms with Crippen molar-refractivity contribution >= 4 is 54.1 Å². The van der Waals surface area contributed by atoms with Crippen LogP contribution in [0, 0.1) is 0 Å². The van der Waals surface area contributed by atoms with Gasteiger partial charge in [0.05, 0.1) is 24.3 Å². The number of nitrogens with zero attached hydrogens (tertiary/aromatic N) is 4. The quantitative estimate of drug-likeness (QED) is 0.0370. The normalized spacial score (nSPS) is 19.5. The van der Waals surface area contributed by atoms with Crippen molar-refractivity contribution in [2.24, 2.45) is 32.9 Å². The molecule has 5 rings (SSSR count). The van der Waals surface area contributed by atoms with Crippen molar-refractivity contribution < 1.29 is 38.3 Å². The number of alkyl carbamates (subject to hydrolysis) is 1. The molecule has 2 fully saturated rings. The largest absolute Gasteiger partial charge is 0.449 e. The molecule has 1 aliphatic carbocycles. The Morgan fingerprint density at radius 2 is 1.25 bits per heavy atom. The number of nitrogens with one attached hydrogen (secondary N) is 4. The Hall–Kier alpha value is -6.41. The molecule has 20 heteroatoms. The van der Waals surface area contributed by atoms with Crippen molar-refractivity contribution in [2.75, 3.05) is 61.0 Å². The minimum absolute atomic E-state index is 0.0278. The van der Waals surface area contributed by atoms with Gasteiger partial charge in [0.2, 0.25) is 23.6 Å². The van der Waals surface area contributed by atoms with Gasteiger partial charge in [0.25, 0.3) is 0 Å². The van der Waals surface area contributed by atoms with Crippen LogP contribution in [0.5, 0.6) is 0 Å². The predicted molar refractivity (Wildman–Crippen MR) is 232 cm³/mol. The molecule has 5 amide bonds. The molecule has 0 saturated carbocycles. The van der Waals surface area contributed by atoms with Crippen molar-refractivity contribution in [3.8, 4) is 11.1 Å². The van der Waals surface area contributed by atoms with Crippen molar-refractivity contribution in [3.63, 3.8) is 0 Å². The van der Waals surface area contributed by atoms with Crippen LogP contribution in [-0.4, -0.2) is 149 Å². The summed E-state index contributed by atoms with van der Waals surface area (Å²) in [5.74, 6) is -0.236.